The topological polar surface area (TPSA) is 37.8 Å². The molecule has 0 fully saturated rings. The zero-order valence-electron chi connectivity index (χ0n) is 12.4. The minimum atomic E-state index is -0.0273. The molecule has 0 aliphatic heterocycles. The van der Waals surface area contributed by atoms with Gasteiger partial charge in [-0.25, -0.2) is 9.97 Å². The molecule has 0 radical (unpaired) electrons. The van der Waals surface area contributed by atoms with E-state index in [0.29, 0.717) is 10.8 Å². The second-order valence-electron chi connectivity index (χ2n) is 5.75. The fourth-order valence-corrected chi connectivity index (χ4v) is 2.05. The monoisotopic (exact) mass is 289 g/mol. The highest BCUT2D eigenvalue weighted by Crippen LogP contribution is 2.26. The minimum Gasteiger partial charge on any atom is -0.370 e. The molecule has 0 aliphatic carbocycles. The number of halogens is 1. The molecule has 0 amide bonds. The Bertz CT molecular complexity index is 603. The fraction of sp³-hybridized carbons (Fsp3) is 0.375. The van der Waals surface area contributed by atoms with Crippen LogP contribution < -0.4 is 5.32 Å². The van der Waals surface area contributed by atoms with Gasteiger partial charge in [-0.3, -0.25) is 0 Å². The highest BCUT2D eigenvalue weighted by atomic mass is 35.5. The van der Waals surface area contributed by atoms with Crippen molar-refractivity contribution in [1.29, 1.82) is 0 Å². The van der Waals surface area contributed by atoms with Crippen LogP contribution in [0.5, 0.6) is 0 Å². The fourth-order valence-electron chi connectivity index (χ4n) is 1.86. The van der Waals surface area contributed by atoms with Crippen molar-refractivity contribution in [2.24, 2.45) is 0 Å². The first-order chi connectivity index (χ1) is 9.40. The van der Waals surface area contributed by atoms with Gasteiger partial charge < -0.3 is 5.32 Å². The summed E-state index contributed by atoms with van der Waals surface area (Å²) in [7, 11) is 0. The Morgan fingerprint density at radius 3 is 2.50 bits per heavy atom. The molecule has 106 valence electrons. The van der Waals surface area contributed by atoms with E-state index in [0.717, 1.165) is 23.6 Å². The van der Waals surface area contributed by atoms with Crippen LogP contribution >= 0.6 is 11.6 Å². The van der Waals surface area contributed by atoms with Crippen LogP contribution in [0.2, 0.25) is 5.02 Å². The summed E-state index contributed by atoms with van der Waals surface area (Å²) in [5.41, 5.74) is 1.92. The van der Waals surface area contributed by atoms with Gasteiger partial charge in [-0.1, -0.05) is 44.5 Å². The highest BCUT2D eigenvalue weighted by molar-refractivity contribution is 6.30. The molecule has 1 heterocycles. The number of hydrogen-bond donors (Lipinski definition) is 1. The molecule has 1 aromatic heterocycles. The predicted molar refractivity (Wildman–Crippen MR) is 85.3 cm³/mol. The maximum absolute atomic E-state index is 6.05. The maximum atomic E-state index is 6.05. The first kappa shape index (κ1) is 14.8. The Balaban J connectivity index is 2.54. The van der Waals surface area contributed by atoms with Gasteiger partial charge in [0.25, 0.3) is 0 Å². The summed E-state index contributed by atoms with van der Waals surface area (Å²) in [6.07, 6.45) is 0. The summed E-state index contributed by atoms with van der Waals surface area (Å²) in [6.45, 7) is 9.32. The summed E-state index contributed by atoms with van der Waals surface area (Å²) in [5, 5.41) is 3.95. The van der Waals surface area contributed by atoms with Crippen LogP contribution in [-0.4, -0.2) is 16.5 Å². The van der Waals surface area contributed by atoms with Gasteiger partial charge >= 0.3 is 0 Å². The van der Waals surface area contributed by atoms with E-state index >= 15 is 0 Å². The van der Waals surface area contributed by atoms with E-state index < -0.39 is 0 Å². The maximum Gasteiger partial charge on any atom is 0.161 e. The van der Waals surface area contributed by atoms with Gasteiger partial charge in [0.15, 0.2) is 5.82 Å². The van der Waals surface area contributed by atoms with Gasteiger partial charge in [0.1, 0.15) is 5.82 Å². The molecule has 1 aromatic carbocycles. The molecular formula is C16H20ClN3. The summed E-state index contributed by atoms with van der Waals surface area (Å²) in [4.78, 5) is 9.26. The first-order valence-electron chi connectivity index (χ1n) is 6.79. The Morgan fingerprint density at radius 1 is 1.15 bits per heavy atom. The van der Waals surface area contributed by atoms with Gasteiger partial charge in [-0.2, -0.15) is 0 Å². The Hall–Kier alpha value is -1.61. The van der Waals surface area contributed by atoms with Crippen molar-refractivity contribution >= 4 is 17.4 Å². The quantitative estimate of drug-likeness (QED) is 0.902. The molecule has 4 heteroatoms. The van der Waals surface area contributed by atoms with Gasteiger partial charge in [0.2, 0.25) is 0 Å². The van der Waals surface area contributed by atoms with E-state index in [1.54, 1.807) is 0 Å². The van der Waals surface area contributed by atoms with E-state index in [1.165, 1.54) is 0 Å². The van der Waals surface area contributed by atoms with Crippen LogP contribution in [0.4, 0.5) is 5.82 Å². The molecule has 2 aromatic rings. The number of benzene rings is 1. The third-order valence-electron chi connectivity index (χ3n) is 2.94. The summed E-state index contributed by atoms with van der Waals surface area (Å²) < 4.78 is 0. The average Bonchev–Trinajstić information content (AvgIpc) is 2.38. The molecule has 20 heavy (non-hydrogen) atoms. The van der Waals surface area contributed by atoms with Crippen LogP contribution in [0.3, 0.4) is 0 Å². The van der Waals surface area contributed by atoms with Crippen molar-refractivity contribution in [3.8, 4) is 11.4 Å². The SMILES string of the molecule is CCNc1cc(C(C)(C)C)nc(-c2cccc(Cl)c2)n1. The third-order valence-corrected chi connectivity index (χ3v) is 3.17. The third kappa shape index (κ3) is 3.48. The van der Waals surface area contributed by atoms with Gasteiger partial charge in [0, 0.05) is 28.6 Å². The Morgan fingerprint density at radius 2 is 1.90 bits per heavy atom. The second-order valence-corrected chi connectivity index (χ2v) is 6.19. The van der Waals surface area contributed by atoms with E-state index in [1.807, 2.05) is 30.3 Å². The standard InChI is InChI=1S/C16H20ClN3/c1-5-18-14-10-13(16(2,3)4)19-15(20-14)11-7-6-8-12(17)9-11/h6-10H,5H2,1-4H3,(H,18,19,20). The molecular weight excluding hydrogens is 270 g/mol. The van der Waals surface area contributed by atoms with Crippen LogP contribution in [0.15, 0.2) is 30.3 Å². The number of nitrogens with one attached hydrogen (secondary N) is 1. The highest BCUT2D eigenvalue weighted by Gasteiger charge is 2.18. The normalized spacial score (nSPS) is 11.4. The molecule has 0 aliphatic rings. The van der Waals surface area contributed by atoms with E-state index in [9.17, 15) is 0 Å². The molecule has 0 atom stereocenters. The molecule has 0 spiro atoms. The molecule has 3 nitrogen and oxygen atoms in total. The average molecular weight is 290 g/mol. The first-order valence-corrected chi connectivity index (χ1v) is 7.17. The lowest BCUT2D eigenvalue weighted by Gasteiger charge is -2.19. The van der Waals surface area contributed by atoms with Crippen molar-refractivity contribution in [3.05, 3.63) is 41.0 Å². The Labute approximate surface area is 125 Å². The van der Waals surface area contributed by atoms with E-state index in [2.05, 4.69) is 43.0 Å². The lowest BCUT2D eigenvalue weighted by atomic mass is 9.91. The molecule has 0 saturated heterocycles. The number of nitrogens with zero attached hydrogens (tertiary/aromatic N) is 2. The van der Waals surface area contributed by atoms with E-state index in [4.69, 9.17) is 11.6 Å². The van der Waals surface area contributed by atoms with Gasteiger partial charge in [0.05, 0.1) is 5.69 Å². The predicted octanol–water partition coefficient (Wildman–Crippen LogP) is 4.53. The van der Waals surface area contributed by atoms with Crippen LogP contribution in [0.25, 0.3) is 11.4 Å². The molecule has 0 saturated carbocycles. The lowest BCUT2D eigenvalue weighted by Crippen LogP contribution is -2.16. The molecule has 1 N–H and O–H groups in total. The molecule has 0 bridgehead atoms. The summed E-state index contributed by atoms with van der Waals surface area (Å²) in [5.74, 6) is 1.55. The zero-order valence-corrected chi connectivity index (χ0v) is 13.1. The number of rotatable bonds is 3. The van der Waals surface area contributed by atoms with Crippen molar-refractivity contribution in [2.75, 3.05) is 11.9 Å². The zero-order chi connectivity index (χ0) is 14.8. The van der Waals surface area contributed by atoms with Gasteiger partial charge in [-0.15, -0.1) is 0 Å². The smallest absolute Gasteiger partial charge is 0.161 e. The number of anilines is 1. The molecule has 0 unspecified atom stereocenters. The minimum absolute atomic E-state index is 0.0273. The van der Waals surface area contributed by atoms with E-state index in [-0.39, 0.29) is 5.41 Å². The van der Waals surface area contributed by atoms with Crippen molar-refractivity contribution in [1.82, 2.24) is 9.97 Å². The van der Waals surface area contributed by atoms with Gasteiger partial charge in [-0.05, 0) is 19.1 Å². The lowest BCUT2D eigenvalue weighted by molar-refractivity contribution is 0.568. The van der Waals surface area contributed by atoms with Crippen LogP contribution in [0.1, 0.15) is 33.4 Å². The number of aromatic nitrogens is 2. The summed E-state index contributed by atoms with van der Waals surface area (Å²) >= 11 is 6.05. The van der Waals surface area contributed by atoms with Crippen molar-refractivity contribution in [3.63, 3.8) is 0 Å². The van der Waals surface area contributed by atoms with Crippen molar-refractivity contribution in [2.45, 2.75) is 33.1 Å². The second kappa shape index (κ2) is 5.80. The van der Waals surface area contributed by atoms with Crippen molar-refractivity contribution < 1.29 is 0 Å². The van der Waals surface area contributed by atoms with Crippen LogP contribution in [0, 0.1) is 0 Å². The Kier molecular flexibility index (Phi) is 4.29. The largest absolute Gasteiger partial charge is 0.370 e. The van der Waals surface area contributed by atoms with Crippen LogP contribution in [-0.2, 0) is 5.41 Å². The summed E-state index contributed by atoms with van der Waals surface area (Å²) in [6, 6.07) is 9.64. The number of hydrogen-bond acceptors (Lipinski definition) is 3. The molecule has 2 rings (SSSR count).